The molecule has 0 saturated heterocycles. The van der Waals surface area contributed by atoms with Crippen LogP contribution in [0.4, 0.5) is 0 Å². The Kier molecular flexibility index (Phi) is 6.39. The molecular formula is C20H26O5S. The van der Waals surface area contributed by atoms with Gasteiger partial charge in [-0.25, -0.2) is 8.42 Å². The van der Waals surface area contributed by atoms with Crippen LogP contribution in [0, 0.1) is 18.3 Å². The molecule has 0 spiro atoms. The highest BCUT2D eigenvalue weighted by Gasteiger charge is 2.46. The molecule has 0 aromatic heterocycles. The summed E-state index contributed by atoms with van der Waals surface area (Å²) in [6, 6.07) is 6.68. The Hall–Kier alpha value is -1.95. The highest BCUT2D eigenvalue weighted by molar-refractivity contribution is 7.94. The van der Waals surface area contributed by atoms with E-state index in [0.717, 1.165) is 5.56 Å². The fourth-order valence-corrected chi connectivity index (χ4v) is 4.46. The zero-order valence-electron chi connectivity index (χ0n) is 15.5. The molecule has 1 aromatic carbocycles. The number of allylic oxidation sites excluding steroid dienone is 1. The molecule has 0 heterocycles. The van der Waals surface area contributed by atoms with Crippen LogP contribution in [0.25, 0.3) is 0 Å². The summed E-state index contributed by atoms with van der Waals surface area (Å²) in [5.41, 5.74) is 0.205. The van der Waals surface area contributed by atoms with E-state index in [2.05, 4.69) is 0 Å². The van der Waals surface area contributed by atoms with Gasteiger partial charge in [-0.2, -0.15) is 0 Å². The van der Waals surface area contributed by atoms with E-state index in [4.69, 9.17) is 4.74 Å². The predicted molar refractivity (Wildman–Crippen MR) is 99.2 cm³/mol. The van der Waals surface area contributed by atoms with Gasteiger partial charge >= 0.3 is 5.97 Å². The summed E-state index contributed by atoms with van der Waals surface area (Å²) >= 11 is 0. The lowest BCUT2D eigenvalue weighted by Crippen LogP contribution is -2.32. The summed E-state index contributed by atoms with van der Waals surface area (Å²) < 4.78 is 29.7. The van der Waals surface area contributed by atoms with Crippen LogP contribution in [0.5, 0.6) is 0 Å². The van der Waals surface area contributed by atoms with Crippen LogP contribution < -0.4 is 0 Å². The van der Waals surface area contributed by atoms with Gasteiger partial charge in [0.15, 0.2) is 9.84 Å². The SMILES string of the molecule is CCOC(=O)C[C@]1(C)C(=O)CC[C@H]1C/C=C/S(=O)(=O)c1ccc(C)cc1. The van der Waals surface area contributed by atoms with Crippen molar-refractivity contribution >= 4 is 21.6 Å². The third-order valence-corrected chi connectivity index (χ3v) is 6.60. The maximum absolute atomic E-state index is 12.4. The minimum atomic E-state index is -3.51. The van der Waals surface area contributed by atoms with Gasteiger partial charge in [-0.1, -0.05) is 30.7 Å². The van der Waals surface area contributed by atoms with E-state index < -0.39 is 15.3 Å². The third-order valence-electron chi connectivity index (χ3n) is 5.12. The number of carbonyl (C=O) groups excluding carboxylic acids is 2. The maximum Gasteiger partial charge on any atom is 0.306 e. The van der Waals surface area contributed by atoms with Crippen molar-refractivity contribution in [1.82, 2.24) is 0 Å². The number of aryl methyl sites for hydroxylation is 1. The first-order chi connectivity index (χ1) is 12.2. The lowest BCUT2D eigenvalue weighted by molar-refractivity contribution is -0.149. The van der Waals surface area contributed by atoms with Gasteiger partial charge in [0.2, 0.25) is 0 Å². The summed E-state index contributed by atoms with van der Waals surface area (Å²) in [5.74, 6) is -0.402. The first kappa shape index (κ1) is 20.4. The number of hydrogen-bond acceptors (Lipinski definition) is 5. The van der Waals surface area contributed by atoms with Crippen LogP contribution in [0.15, 0.2) is 40.6 Å². The topological polar surface area (TPSA) is 77.5 Å². The van der Waals surface area contributed by atoms with Crippen molar-refractivity contribution < 1.29 is 22.7 Å². The quantitative estimate of drug-likeness (QED) is 0.677. The van der Waals surface area contributed by atoms with Gasteiger partial charge < -0.3 is 4.74 Å². The van der Waals surface area contributed by atoms with E-state index in [1.165, 1.54) is 5.41 Å². The molecule has 5 nitrogen and oxygen atoms in total. The first-order valence-electron chi connectivity index (χ1n) is 8.86. The van der Waals surface area contributed by atoms with Crippen molar-refractivity contribution in [2.24, 2.45) is 11.3 Å². The Morgan fingerprint density at radius 3 is 2.58 bits per heavy atom. The number of ketones is 1. The summed E-state index contributed by atoms with van der Waals surface area (Å²) in [5, 5.41) is 1.20. The zero-order valence-corrected chi connectivity index (χ0v) is 16.3. The molecule has 1 fully saturated rings. The molecule has 0 amide bonds. The van der Waals surface area contributed by atoms with Gasteiger partial charge in [0.05, 0.1) is 17.9 Å². The second-order valence-electron chi connectivity index (χ2n) is 7.02. The van der Waals surface area contributed by atoms with Crippen molar-refractivity contribution in [1.29, 1.82) is 0 Å². The normalized spacial score (nSPS) is 23.5. The molecular weight excluding hydrogens is 352 g/mol. The smallest absolute Gasteiger partial charge is 0.306 e. The molecule has 142 valence electrons. The summed E-state index contributed by atoms with van der Waals surface area (Å²) in [6.07, 6.45) is 3.15. The van der Waals surface area contributed by atoms with Crippen molar-refractivity contribution in [3.63, 3.8) is 0 Å². The number of carbonyl (C=O) groups is 2. The Morgan fingerprint density at radius 1 is 1.31 bits per heavy atom. The number of hydrogen-bond donors (Lipinski definition) is 0. The van der Waals surface area contributed by atoms with Gasteiger partial charge in [0.25, 0.3) is 0 Å². The summed E-state index contributed by atoms with van der Waals surface area (Å²) in [6.45, 7) is 5.69. The van der Waals surface area contributed by atoms with Crippen molar-refractivity contribution in [3.8, 4) is 0 Å². The molecule has 2 atom stereocenters. The second kappa shape index (κ2) is 8.16. The number of benzene rings is 1. The molecule has 0 unspecified atom stereocenters. The molecule has 1 aliphatic carbocycles. The van der Waals surface area contributed by atoms with E-state index >= 15 is 0 Å². The van der Waals surface area contributed by atoms with Gasteiger partial charge in [0.1, 0.15) is 5.78 Å². The highest BCUT2D eigenvalue weighted by Crippen LogP contribution is 2.45. The van der Waals surface area contributed by atoms with E-state index in [1.807, 2.05) is 6.92 Å². The van der Waals surface area contributed by atoms with Crippen molar-refractivity contribution in [2.45, 2.75) is 51.3 Å². The molecule has 0 radical (unpaired) electrons. The van der Waals surface area contributed by atoms with Crippen LogP contribution in [-0.2, 0) is 24.2 Å². The van der Waals surface area contributed by atoms with Crippen LogP contribution in [0.2, 0.25) is 0 Å². The highest BCUT2D eigenvalue weighted by atomic mass is 32.2. The Balaban J connectivity index is 2.09. The van der Waals surface area contributed by atoms with Gasteiger partial charge in [-0.15, -0.1) is 0 Å². The van der Waals surface area contributed by atoms with Crippen molar-refractivity contribution in [3.05, 3.63) is 41.3 Å². The number of esters is 1. The molecule has 6 heteroatoms. The number of ether oxygens (including phenoxy) is 1. The maximum atomic E-state index is 12.4. The van der Waals surface area contributed by atoms with Gasteiger partial charge in [-0.3, -0.25) is 9.59 Å². The molecule has 1 aromatic rings. The van der Waals surface area contributed by atoms with Crippen LogP contribution >= 0.6 is 0 Å². The van der Waals surface area contributed by atoms with E-state index in [9.17, 15) is 18.0 Å². The van der Waals surface area contributed by atoms with E-state index in [-0.39, 0.29) is 35.6 Å². The second-order valence-corrected chi connectivity index (χ2v) is 8.86. The average Bonchev–Trinajstić information content (AvgIpc) is 2.83. The van der Waals surface area contributed by atoms with Crippen LogP contribution in [0.3, 0.4) is 0 Å². The Morgan fingerprint density at radius 2 is 1.96 bits per heavy atom. The molecule has 26 heavy (non-hydrogen) atoms. The molecule has 0 N–H and O–H groups in total. The first-order valence-corrected chi connectivity index (χ1v) is 10.4. The third kappa shape index (κ3) is 4.61. The minimum Gasteiger partial charge on any atom is -0.466 e. The lowest BCUT2D eigenvalue weighted by Gasteiger charge is -2.28. The minimum absolute atomic E-state index is 0.0445. The Bertz CT molecular complexity index is 792. The largest absolute Gasteiger partial charge is 0.466 e. The molecule has 0 aliphatic heterocycles. The van der Waals surface area contributed by atoms with Crippen LogP contribution in [0.1, 0.15) is 45.1 Å². The van der Waals surface area contributed by atoms with Crippen molar-refractivity contribution in [2.75, 3.05) is 6.61 Å². The van der Waals surface area contributed by atoms with Gasteiger partial charge in [0, 0.05) is 17.2 Å². The number of Topliss-reactive ketones (excluding diaryl/α,β-unsaturated/α-hetero) is 1. The molecule has 0 bridgehead atoms. The molecule has 1 saturated carbocycles. The van der Waals surface area contributed by atoms with Gasteiger partial charge in [-0.05, 0) is 44.7 Å². The standard InChI is InChI=1S/C20H26O5S/c1-4-25-19(22)14-20(3)16(9-12-18(20)21)6-5-13-26(23,24)17-10-7-15(2)8-11-17/h5,7-8,10-11,13,16H,4,6,9,12,14H2,1-3H3/b13-5+/t16-,20+/m1/s1. The molecule has 2 rings (SSSR count). The van der Waals surface area contributed by atoms with Crippen LogP contribution in [-0.4, -0.2) is 26.8 Å². The summed E-state index contributed by atoms with van der Waals surface area (Å²) in [7, 11) is -3.51. The zero-order chi connectivity index (χ0) is 19.4. The molecule has 1 aliphatic rings. The summed E-state index contributed by atoms with van der Waals surface area (Å²) in [4.78, 5) is 24.4. The number of rotatable bonds is 7. The average molecular weight is 378 g/mol. The Labute approximate surface area is 155 Å². The predicted octanol–water partition coefficient (Wildman–Crippen LogP) is 3.61. The monoisotopic (exact) mass is 378 g/mol. The fraction of sp³-hybridized carbons (Fsp3) is 0.500. The van der Waals surface area contributed by atoms with E-state index in [1.54, 1.807) is 44.2 Å². The fourth-order valence-electron chi connectivity index (χ4n) is 3.42. The lowest BCUT2D eigenvalue weighted by atomic mass is 9.75. The van der Waals surface area contributed by atoms with E-state index in [0.29, 0.717) is 19.3 Å². The number of sulfone groups is 1.